The van der Waals surface area contributed by atoms with Crippen molar-refractivity contribution in [1.82, 2.24) is 25.0 Å². The van der Waals surface area contributed by atoms with E-state index in [2.05, 4.69) is 27.1 Å². The minimum atomic E-state index is 0.142. The lowest BCUT2D eigenvalue weighted by Gasteiger charge is -2.32. The van der Waals surface area contributed by atoms with E-state index in [1.807, 2.05) is 29.2 Å². The predicted octanol–water partition coefficient (Wildman–Crippen LogP) is 1.35. The second-order valence-electron chi connectivity index (χ2n) is 5.67. The Bertz CT molecular complexity index is 680. The van der Waals surface area contributed by atoms with Gasteiger partial charge in [-0.15, -0.1) is 5.10 Å². The Balaban J connectivity index is 1.55. The highest BCUT2D eigenvalue weighted by Gasteiger charge is 2.19. The van der Waals surface area contributed by atoms with Crippen LogP contribution in [0.2, 0.25) is 0 Å². The first-order valence-electron chi connectivity index (χ1n) is 7.81. The van der Waals surface area contributed by atoms with Gasteiger partial charge in [0.15, 0.2) is 5.82 Å². The van der Waals surface area contributed by atoms with E-state index in [1.54, 1.807) is 7.11 Å². The van der Waals surface area contributed by atoms with Gasteiger partial charge in [0.2, 0.25) is 11.1 Å². The maximum atomic E-state index is 12.2. The number of amides is 1. The average Bonchev–Trinajstić information content (AvgIpc) is 3.09. The summed E-state index contributed by atoms with van der Waals surface area (Å²) in [5.41, 5.74) is 0.931. The second kappa shape index (κ2) is 7.67. The Hall–Kier alpha value is -2.06. The Morgan fingerprint density at radius 2 is 1.96 bits per heavy atom. The summed E-state index contributed by atoms with van der Waals surface area (Å²) in [6.07, 6.45) is 0. The number of H-pyrrole nitrogens is 1. The number of aromatic nitrogens is 3. The highest BCUT2D eigenvalue weighted by Crippen LogP contribution is 2.22. The molecule has 0 saturated carbocycles. The molecule has 0 unspecified atom stereocenters. The van der Waals surface area contributed by atoms with Crippen molar-refractivity contribution >= 4 is 17.7 Å². The van der Waals surface area contributed by atoms with Gasteiger partial charge in [-0.1, -0.05) is 11.8 Å². The van der Waals surface area contributed by atoms with Crippen molar-refractivity contribution in [2.45, 2.75) is 5.16 Å². The Kier molecular flexibility index (Phi) is 5.37. The van der Waals surface area contributed by atoms with Gasteiger partial charge < -0.3 is 14.5 Å². The number of hydrogen-bond acceptors (Lipinski definition) is 6. The van der Waals surface area contributed by atoms with E-state index < -0.39 is 0 Å². The molecule has 8 heteroatoms. The van der Waals surface area contributed by atoms with Gasteiger partial charge in [0.25, 0.3) is 0 Å². The molecule has 1 amide bonds. The summed E-state index contributed by atoms with van der Waals surface area (Å²) < 4.78 is 5.14. The van der Waals surface area contributed by atoms with Crippen molar-refractivity contribution in [3.05, 3.63) is 24.3 Å². The number of likely N-dealkylation sites (N-methyl/N-ethyl adjacent to an activating group) is 1. The van der Waals surface area contributed by atoms with Gasteiger partial charge in [-0.05, 0) is 31.3 Å². The van der Waals surface area contributed by atoms with E-state index >= 15 is 0 Å². The molecular weight excluding hydrogens is 326 g/mol. The summed E-state index contributed by atoms with van der Waals surface area (Å²) in [5, 5.41) is 7.68. The number of benzene rings is 1. The lowest BCUT2D eigenvalue weighted by atomic mass is 10.2. The first-order valence-corrected chi connectivity index (χ1v) is 8.80. The fraction of sp³-hybridized carbons (Fsp3) is 0.438. The SMILES string of the molecule is COc1ccc(-c2nc(SCC(=O)N3CCN(C)CC3)n[nH]2)cc1. The number of thioether (sulfide) groups is 1. The van der Waals surface area contributed by atoms with E-state index in [-0.39, 0.29) is 5.91 Å². The van der Waals surface area contributed by atoms with E-state index in [4.69, 9.17) is 4.74 Å². The van der Waals surface area contributed by atoms with Crippen molar-refractivity contribution in [2.75, 3.05) is 46.1 Å². The molecule has 2 heterocycles. The smallest absolute Gasteiger partial charge is 0.233 e. The van der Waals surface area contributed by atoms with E-state index in [0.717, 1.165) is 37.5 Å². The second-order valence-corrected chi connectivity index (χ2v) is 6.61. The van der Waals surface area contributed by atoms with Gasteiger partial charge >= 0.3 is 0 Å². The minimum absolute atomic E-state index is 0.142. The normalized spacial score (nSPS) is 15.5. The molecule has 0 bridgehead atoms. The molecule has 24 heavy (non-hydrogen) atoms. The highest BCUT2D eigenvalue weighted by molar-refractivity contribution is 7.99. The monoisotopic (exact) mass is 347 g/mol. The molecule has 1 saturated heterocycles. The van der Waals surface area contributed by atoms with Crippen LogP contribution < -0.4 is 4.74 Å². The molecule has 1 N–H and O–H groups in total. The fourth-order valence-electron chi connectivity index (χ4n) is 2.46. The largest absolute Gasteiger partial charge is 0.497 e. The Morgan fingerprint density at radius 1 is 1.25 bits per heavy atom. The summed E-state index contributed by atoms with van der Waals surface area (Å²) in [6.45, 7) is 3.44. The highest BCUT2D eigenvalue weighted by atomic mass is 32.2. The van der Waals surface area contributed by atoms with Crippen LogP contribution in [0, 0.1) is 0 Å². The molecule has 0 aliphatic carbocycles. The number of ether oxygens (including phenoxy) is 1. The predicted molar refractivity (Wildman–Crippen MR) is 93.2 cm³/mol. The van der Waals surface area contributed by atoms with Gasteiger partial charge in [0, 0.05) is 31.7 Å². The number of nitrogens with one attached hydrogen (secondary N) is 1. The maximum Gasteiger partial charge on any atom is 0.233 e. The zero-order chi connectivity index (χ0) is 16.9. The van der Waals surface area contributed by atoms with Gasteiger partial charge in [0.1, 0.15) is 5.75 Å². The van der Waals surface area contributed by atoms with Crippen molar-refractivity contribution in [1.29, 1.82) is 0 Å². The van der Waals surface area contributed by atoms with Crippen LogP contribution in [0.15, 0.2) is 29.4 Å². The van der Waals surface area contributed by atoms with Crippen LogP contribution in [-0.2, 0) is 4.79 Å². The number of rotatable bonds is 5. The molecule has 1 aromatic heterocycles. The summed E-state index contributed by atoms with van der Waals surface area (Å²) in [4.78, 5) is 20.8. The third-order valence-corrected chi connectivity index (χ3v) is 4.84. The first kappa shape index (κ1) is 16.8. The lowest BCUT2D eigenvalue weighted by molar-refractivity contribution is -0.129. The zero-order valence-electron chi connectivity index (χ0n) is 13.9. The molecule has 0 radical (unpaired) electrons. The van der Waals surface area contributed by atoms with Crippen LogP contribution in [0.1, 0.15) is 0 Å². The molecular formula is C16H21N5O2S. The number of hydrogen-bond donors (Lipinski definition) is 1. The maximum absolute atomic E-state index is 12.2. The topological polar surface area (TPSA) is 74.3 Å². The minimum Gasteiger partial charge on any atom is -0.497 e. The average molecular weight is 347 g/mol. The van der Waals surface area contributed by atoms with Crippen molar-refractivity contribution < 1.29 is 9.53 Å². The van der Waals surface area contributed by atoms with Crippen LogP contribution in [0.3, 0.4) is 0 Å². The summed E-state index contributed by atoms with van der Waals surface area (Å²) >= 11 is 1.36. The van der Waals surface area contributed by atoms with Crippen LogP contribution >= 0.6 is 11.8 Å². The fourth-order valence-corrected chi connectivity index (χ4v) is 3.16. The van der Waals surface area contributed by atoms with Crippen molar-refractivity contribution in [3.63, 3.8) is 0 Å². The van der Waals surface area contributed by atoms with Crippen molar-refractivity contribution in [3.8, 4) is 17.1 Å². The molecule has 0 spiro atoms. The van der Waals surface area contributed by atoms with Crippen LogP contribution in [0.5, 0.6) is 5.75 Å². The van der Waals surface area contributed by atoms with Gasteiger partial charge in [-0.3, -0.25) is 9.89 Å². The summed E-state index contributed by atoms with van der Waals surface area (Å²) in [7, 11) is 3.71. The van der Waals surface area contributed by atoms with Crippen LogP contribution in [-0.4, -0.2) is 77.0 Å². The molecule has 1 aliphatic rings. The van der Waals surface area contributed by atoms with Gasteiger partial charge in [-0.25, -0.2) is 4.98 Å². The van der Waals surface area contributed by atoms with E-state index in [9.17, 15) is 4.79 Å². The summed E-state index contributed by atoms with van der Waals surface area (Å²) in [5.74, 6) is 1.99. The van der Waals surface area contributed by atoms with Gasteiger partial charge in [-0.2, -0.15) is 0 Å². The third kappa shape index (κ3) is 4.07. The third-order valence-electron chi connectivity index (χ3n) is 4.01. The number of aromatic amines is 1. The number of carbonyl (C=O) groups excluding carboxylic acids is 1. The molecule has 7 nitrogen and oxygen atoms in total. The van der Waals surface area contributed by atoms with Crippen molar-refractivity contribution in [2.24, 2.45) is 0 Å². The molecule has 1 fully saturated rings. The van der Waals surface area contributed by atoms with E-state index in [1.165, 1.54) is 11.8 Å². The Morgan fingerprint density at radius 3 is 2.62 bits per heavy atom. The molecule has 2 aromatic rings. The quantitative estimate of drug-likeness (QED) is 0.823. The standard InChI is InChI=1S/C16H21N5O2S/c1-20-7-9-21(10-8-20)14(22)11-24-16-17-15(18-19-16)12-3-5-13(23-2)6-4-12/h3-6H,7-11H2,1-2H3,(H,17,18,19). The number of carbonyl (C=O) groups is 1. The summed E-state index contributed by atoms with van der Waals surface area (Å²) in [6, 6.07) is 7.59. The molecule has 128 valence electrons. The zero-order valence-corrected chi connectivity index (χ0v) is 14.7. The molecule has 1 aromatic carbocycles. The van der Waals surface area contributed by atoms with Gasteiger partial charge in [0.05, 0.1) is 12.9 Å². The number of methoxy groups -OCH3 is 1. The molecule has 3 rings (SSSR count). The van der Waals surface area contributed by atoms with E-state index in [0.29, 0.717) is 16.7 Å². The number of nitrogens with zero attached hydrogens (tertiary/aromatic N) is 4. The number of piperazine rings is 1. The molecule has 0 atom stereocenters. The lowest BCUT2D eigenvalue weighted by Crippen LogP contribution is -2.47. The first-order chi connectivity index (χ1) is 11.7. The Labute approximate surface area is 145 Å². The van der Waals surface area contributed by atoms with Crippen LogP contribution in [0.4, 0.5) is 0 Å². The molecule has 1 aliphatic heterocycles. The van der Waals surface area contributed by atoms with Crippen LogP contribution in [0.25, 0.3) is 11.4 Å².